The predicted octanol–water partition coefficient (Wildman–Crippen LogP) is 2.13. The van der Waals surface area contributed by atoms with E-state index in [1.807, 2.05) is 29.7 Å². The third kappa shape index (κ3) is 4.11. The van der Waals surface area contributed by atoms with Crippen molar-refractivity contribution in [3.05, 3.63) is 47.9 Å². The van der Waals surface area contributed by atoms with Gasteiger partial charge in [0.15, 0.2) is 5.76 Å². The molecule has 2 rings (SSSR count). The minimum absolute atomic E-state index is 0.105. The average Bonchev–Trinajstić information content (AvgIpc) is 2.93. The number of nitrogen functional groups attached to an aromatic ring is 1. The Morgan fingerprint density at radius 1 is 1.24 bits per heavy atom. The zero-order valence-corrected chi connectivity index (χ0v) is 12.2. The van der Waals surface area contributed by atoms with Crippen LogP contribution >= 0.6 is 11.8 Å². The fourth-order valence-corrected chi connectivity index (χ4v) is 2.59. The highest BCUT2D eigenvalue weighted by atomic mass is 32.2. The number of amides is 2. The number of hydrogen-bond acceptors (Lipinski definition) is 5. The van der Waals surface area contributed by atoms with E-state index in [1.54, 1.807) is 17.8 Å². The van der Waals surface area contributed by atoms with Crippen LogP contribution in [0.2, 0.25) is 0 Å². The summed E-state index contributed by atoms with van der Waals surface area (Å²) in [5.74, 6) is 5.35. The number of rotatable bonds is 5. The molecule has 0 spiro atoms. The molecule has 0 fully saturated rings. The average molecular weight is 305 g/mol. The summed E-state index contributed by atoms with van der Waals surface area (Å²) in [7, 11) is 0. The van der Waals surface area contributed by atoms with Crippen molar-refractivity contribution in [3.63, 3.8) is 0 Å². The Balaban J connectivity index is 1.98. The molecule has 6 nitrogen and oxygen atoms in total. The number of hydrogen-bond donors (Lipinski definition) is 3. The number of anilines is 1. The predicted molar refractivity (Wildman–Crippen MR) is 80.7 cm³/mol. The van der Waals surface area contributed by atoms with E-state index in [1.165, 1.54) is 13.2 Å². The number of hydrazine groups is 1. The maximum atomic E-state index is 11.5. The standard InChI is InChI=1S/C14H15N3O3S/c1-9(18)16-11-2-4-12(5-3-11)21-8-10-6-7-20-13(10)14(19)17-15/h2-7H,8,15H2,1H3,(H,16,18)(H,17,19). The Morgan fingerprint density at radius 2 is 1.95 bits per heavy atom. The van der Waals surface area contributed by atoms with Crippen LogP contribution in [0, 0.1) is 0 Å². The molecule has 2 aromatic rings. The van der Waals surface area contributed by atoms with Gasteiger partial charge in [0.05, 0.1) is 6.26 Å². The first-order chi connectivity index (χ1) is 10.1. The summed E-state index contributed by atoms with van der Waals surface area (Å²) in [4.78, 5) is 23.4. The first-order valence-corrected chi connectivity index (χ1v) is 7.16. The Kier molecular flexibility index (Phi) is 5.02. The fraction of sp³-hybridized carbons (Fsp3) is 0.143. The van der Waals surface area contributed by atoms with Crippen molar-refractivity contribution in [2.24, 2.45) is 5.84 Å². The molecule has 0 aliphatic rings. The van der Waals surface area contributed by atoms with Crippen LogP contribution in [0.4, 0.5) is 5.69 Å². The normalized spacial score (nSPS) is 10.2. The van der Waals surface area contributed by atoms with Gasteiger partial charge in [-0.05, 0) is 30.3 Å². The quantitative estimate of drug-likeness (QED) is 0.340. The van der Waals surface area contributed by atoms with Crippen molar-refractivity contribution in [2.45, 2.75) is 17.6 Å². The van der Waals surface area contributed by atoms with Gasteiger partial charge in [0.1, 0.15) is 0 Å². The molecule has 4 N–H and O–H groups in total. The summed E-state index contributed by atoms with van der Waals surface area (Å²) in [6.45, 7) is 1.46. The van der Waals surface area contributed by atoms with E-state index in [0.29, 0.717) is 5.75 Å². The Bertz CT molecular complexity index is 637. The lowest BCUT2D eigenvalue weighted by Crippen LogP contribution is -2.30. The highest BCUT2D eigenvalue weighted by molar-refractivity contribution is 7.98. The lowest BCUT2D eigenvalue weighted by atomic mass is 10.3. The smallest absolute Gasteiger partial charge is 0.301 e. The van der Waals surface area contributed by atoms with Gasteiger partial charge in [-0.15, -0.1) is 11.8 Å². The molecule has 2 amide bonds. The minimum atomic E-state index is -0.448. The van der Waals surface area contributed by atoms with Crippen molar-refractivity contribution in [2.75, 3.05) is 5.32 Å². The summed E-state index contributed by atoms with van der Waals surface area (Å²) in [5.41, 5.74) is 3.57. The zero-order chi connectivity index (χ0) is 15.2. The molecule has 1 aromatic carbocycles. The number of carbonyl (C=O) groups is 2. The zero-order valence-electron chi connectivity index (χ0n) is 11.4. The number of nitrogens with one attached hydrogen (secondary N) is 2. The van der Waals surface area contributed by atoms with E-state index in [2.05, 4.69) is 5.32 Å². The minimum Gasteiger partial charge on any atom is -0.459 e. The van der Waals surface area contributed by atoms with Crippen LogP contribution in [0.15, 0.2) is 45.9 Å². The van der Waals surface area contributed by atoms with Gasteiger partial charge in [-0.25, -0.2) is 5.84 Å². The monoisotopic (exact) mass is 305 g/mol. The van der Waals surface area contributed by atoms with Crippen LogP contribution in [0.1, 0.15) is 23.0 Å². The number of furan rings is 1. The highest BCUT2D eigenvalue weighted by Crippen LogP contribution is 2.26. The molecular formula is C14H15N3O3S. The van der Waals surface area contributed by atoms with Gasteiger partial charge in [-0.1, -0.05) is 0 Å². The van der Waals surface area contributed by atoms with Crippen molar-refractivity contribution >= 4 is 29.3 Å². The van der Waals surface area contributed by atoms with Crippen molar-refractivity contribution in [3.8, 4) is 0 Å². The van der Waals surface area contributed by atoms with E-state index >= 15 is 0 Å². The van der Waals surface area contributed by atoms with E-state index in [0.717, 1.165) is 16.1 Å². The van der Waals surface area contributed by atoms with Crippen LogP contribution in [0.5, 0.6) is 0 Å². The topological polar surface area (TPSA) is 97.4 Å². The van der Waals surface area contributed by atoms with Crippen molar-refractivity contribution < 1.29 is 14.0 Å². The van der Waals surface area contributed by atoms with E-state index in [-0.39, 0.29) is 11.7 Å². The molecule has 1 aromatic heterocycles. The maximum absolute atomic E-state index is 11.5. The first-order valence-electron chi connectivity index (χ1n) is 6.18. The molecule has 0 unspecified atom stereocenters. The molecule has 7 heteroatoms. The number of thioether (sulfide) groups is 1. The molecular weight excluding hydrogens is 290 g/mol. The SMILES string of the molecule is CC(=O)Nc1ccc(SCc2ccoc2C(=O)NN)cc1. The van der Waals surface area contributed by atoms with Crippen LogP contribution in [0.25, 0.3) is 0 Å². The molecule has 0 aliphatic heterocycles. The number of nitrogens with two attached hydrogens (primary N) is 1. The second-order valence-corrected chi connectivity index (χ2v) is 5.29. The van der Waals surface area contributed by atoms with Gasteiger partial charge in [0.25, 0.3) is 0 Å². The largest absolute Gasteiger partial charge is 0.459 e. The van der Waals surface area contributed by atoms with E-state index < -0.39 is 5.91 Å². The van der Waals surface area contributed by atoms with Crippen LogP contribution in [0.3, 0.4) is 0 Å². The molecule has 0 saturated carbocycles. The first kappa shape index (κ1) is 15.1. The third-order valence-electron chi connectivity index (χ3n) is 2.65. The summed E-state index contributed by atoms with van der Waals surface area (Å²) < 4.78 is 5.12. The fourth-order valence-electron chi connectivity index (χ4n) is 1.71. The van der Waals surface area contributed by atoms with Gasteiger partial charge >= 0.3 is 5.91 Å². The van der Waals surface area contributed by atoms with Gasteiger partial charge in [0, 0.05) is 28.8 Å². The Labute approximate surface area is 126 Å². The number of benzene rings is 1. The molecule has 0 radical (unpaired) electrons. The molecule has 1 heterocycles. The molecule has 110 valence electrons. The van der Waals surface area contributed by atoms with Gasteiger partial charge in [-0.2, -0.15) is 0 Å². The molecule has 0 aliphatic carbocycles. The maximum Gasteiger partial charge on any atom is 0.301 e. The Hall–Kier alpha value is -2.25. The van der Waals surface area contributed by atoms with Crippen LogP contribution < -0.4 is 16.6 Å². The summed E-state index contributed by atoms with van der Waals surface area (Å²) in [6.07, 6.45) is 1.46. The summed E-state index contributed by atoms with van der Waals surface area (Å²) in [5, 5.41) is 2.70. The molecule has 0 bridgehead atoms. The van der Waals surface area contributed by atoms with Crippen LogP contribution in [-0.2, 0) is 10.5 Å². The van der Waals surface area contributed by atoms with E-state index in [4.69, 9.17) is 10.3 Å². The molecule has 21 heavy (non-hydrogen) atoms. The van der Waals surface area contributed by atoms with Gasteiger partial charge < -0.3 is 9.73 Å². The highest BCUT2D eigenvalue weighted by Gasteiger charge is 2.14. The molecule has 0 atom stereocenters. The van der Waals surface area contributed by atoms with Crippen LogP contribution in [-0.4, -0.2) is 11.8 Å². The van der Waals surface area contributed by atoms with Gasteiger partial charge in [0.2, 0.25) is 5.91 Å². The number of carbonyl (C=O) groups excluding carboxylic acids is 2. The van der Waals surface area contributed by atoms with Crippen molar-refractivity contribution in [1.82, 2.24) is 5.43 Å². The second-order valence-electron chi connectivity index (χ2n) is 4.24. The van der Waals surface area contributed by atoms with Crippen molar-refractivity contribution in [1.29, 1.82) is 0 Å². The Morgan fingerprint density at radius 3 is 2.57 bits per heavy atom. The summed E-state index contributed by atoms with van der Waals surface area (Å²) >= 11 is 1.55. The molecule has 0 saturated heterocycles. The summed E-state index contributed by atoms with van der Waals surface area (Å²) in [6, 6.07) is 9.19. The second kappa shape index (κ2) is 6.96. The van der Waals surface area contributed by atoms with Gasteiger partial charge in [-0.3, -0.25) is 15.0 Å². The lowest BCUT2D eigenvalue weighted by Gasteiger charge is -2.05. The lowest BCUT2D eigenvalue weighted by molar-refractivity contribution is -0.114. The third-order valence-corrected chi connectivity index (χ3v) is 3.71. The van der Waals surface area contributed by atoms with E-state index in [9.17, 15) is 9.59 Å².